The Morgan fingerprint density at radius 2 is 2.16 bits per heavy atom. The molecule has 1 saturated heterocycles. The van der Waals surface area contributed by atoms with Gasteiger partial charge in [-0.15, -0.1) is 12.4 Å². The van der Waals surface area contributed by atoms with Crippen LogP contribution >= 0.6 is 12.4 Å². The minimum atomic E-state index is -3.64. The van der Waals surface area contributed by atoms with E-state index < -0.39 is 42.7 Å². The van der Waals surface area contributed by atoms with Gasteiger partial charge in [0.15, 0.2) is 0 Å². The zero-order valence-electron chi connectivity index (χ0n) is 9.57. The molecule has 0 radical (unpaired) electrons. The molecule has 4 unspecified atom stereocenters. The van der Waals surface area contributed by atoms with E-state index in [1.165, 1.54) is 6.08 Å². The quantitative estimate of drug-likeness (QED) is 0.621. The maximum atomic E-state index is 13.7. The van der Waals surface area contributed by atoms with Crippen molar-refractivity contribution in [3.63, 3.8) is 0 Å². The van der Waals surface area contributed by atoms with Gasteiger partial charge in [-0.1, -0.05) is 6.08 Å². The molecule has 0 bridgehead atoms. The molecule has 2 aliphatic rings. The van der Waals surface area contributed by atoms with E-state index >= 15 is 0 Å². The van der Waals surface area contributed by atoms with Gasteiger partial charge in [-0.25, -0.2) is 8.78 Å². The molecule has 2 heterocycles. The molecule has 0 spiro atoms. The first-order chi connectivity index (χ1) is 8.37. The Balaban J connectivity index is 0.00000180. The third kappa shape index (κ3) is 2.62. The lowest BCUT2D eigenvalue weighted by Crippen LogP contribution is -2.45. The molecule has 2 rings (SSSR count). The van der Waals surface area contributed by atoms with Gasteiger partial charge in [-0.2, -0.15) is 4.99 Å². The van der Waals surface area contributed by atoms with E-state index in [1.807, 2.05) is 0 Å². The van der Waals surface area contributed by atoms with Crippen LogP contribution in [-0.4, -0.2) is 52.8 Å². The zero-order chi connectivity index (χ0) is 13.5. The molecule has 0 aromatic carbocycles. The fourth-order valence-corrected chi connectivity index (χ4v) is 1.99. The Hall–Kier alpha value is -1.09. The standard InChI is InChI=1S/C10H12F2N2O4.ClH/c11-10(12)7(16)5(3-15)18-8(10)4-1-2-6(13)14-9(4)17;/h1-2,4-5,7-8,15-16H,3H2,(H2,13,14,17);1H. The number of nitrogens with zero attached hydrogens (tertiary/aromatic N) is 1. The first kappa shape index (κ1) is 16.0. The Morgan fingerprint density at radius 3 is 2.63 bits per heavy atom. The molecular weight excluding hydrogens is 286 g/mol. The van der Waals surface area contributed by atoms with Crippen molar-refractivity contribution in [1.29, 1.82) is 0 Å². The highest BCUT2D eigenvalue weighted by Crippen LogP contribution is 2.40. The molecular formula is C10H13ClF2N2O4. The van der Waals surface area contributed by atoms with E-state index in [-0.39, 0.29) is 18.2 Å². The van der Waals surface area contributed by atoms with Crippen LogP contribution in [0.25, 0.3) is 0 Å². The zero-order valence-corrected chi connectivity index (χ0v) is 10.4. The first-order valence-corrected chi connectivity index (χ1v) is 5.26. The topological polar surface area (TPSA) is 105 Å². The number of carbonyl (C=O) groups is 1. The molecule has 6 nitrogen and oxygen atoms in total. The summed E-state index contributed by atoms with van der Waals surface area (Å²) in [7, 11) is 0. The molecule has 1 amide bonds. The number of amides is 1. The smallest absolute Gasteiger partial charge is 0.302 e. The largest absolute Gasteiger partial charge is 0.394 e. The molecule has 1 fully saturated rings. The number of amidine groups is 1. The first-order valence-electron chi connectivity index (χ1n) is 5.26. The van der Waals surface area contributed by atoms with Crippen molar-refractivity contribution in [2.24, 2.45) is 16.6 Å². The lowest BCUT2D eigenvalue weighted by molar-refractivity contribution is -0.142. The van der Waals surface area contributed by atoms with Crippen molar-refractivity contribution >= 4 is 24.1 Å². The van der Waals surface area contributed by atoms with Crippen LogP contribution in [0.15, 0.2) is 17.1 Å². The van der Waals surface area contributed by atoms with E-state index in [4.69, 9.17) is 15.6 Å². The van der Waals surface area contributed by atoms with Crippen LogP contribution in [0.5, 0.6) is 0 Å². The second-order valence-corrected chi connectivity index (χ2v) is 4.16. The summed E-state index contributed by atoms with van der Waals surface area (Å²) in [6.07, 6.45) is -3.04. The van der Waals surface area contributed by atoms with Gasteiger partial charge in [0, 0.05) is 0 Å². The molecule has 4 N–H and O–H groups in total. The van der Waals surface area contributed by atoms with Gasteiger partial charge in [0.2, 0.25) is 0 Å². The number of carbonyl (C=O) groups excluding carboxylic acids is 1. The van der Waals surface area contributed by atoms with Crippen molar-refractivity contribution in [2.45, 2.75) is 24.2 Å². The third-order valence-electron chi connectivity index (χ3n) is 2.95. The van der Waals surface area contributed by atoms with Crippen molar-refractivity contribution in [3.8, 4) is 0 Å². The minimum Gasteiger partial charge on any atom is -0.394 e. The Labute approximate surface area is 113 Å². The van der Waals surface area contributed by atoms with Crippen LogP contribution in [0.1, 0.15) is 0 Å². The van der Waals surface area contributed by atoms with Crippen LogP contribution in [-0.2, 0) is 9.53 Å². The number of aliphatic imine (C=N–C) groups is 1. The number of halogens is 3. The normalized spacial score (nSPS) is 36.8. The van der Waals surface area contributed by atoms with Crippen molar-refractivity contribution in [1.82, 2.24) is 0 Å². The average molecular weight is 299 g/mol. The number of ether oxygens (including phenoxy) is 1. The number of dihydropyridines is 1. The monoisotopic (exact) mass is 298 g/mol. The van der Waals surface area contributed by atoms with Gasteiger partial charge in [0.1, 0.15) is 24.1 Å². The summed E-state index contributed by atoms with van der Waals surface area (Å²) in [6.45, 7) is -0.761. The number of aliphatic hydroxyl groups excluding tert-OH is 2. The van der Waals surface area contributed by atoms with Crippen molar-refractivity contribution in [2.75, 3.05) is 6.61 Å². The lowest BCUT2D eigenvalue weighted by Gasteiger charge is -2.24. The van der Waals surface area contributed by atoms with E-state index in [2.05, 4.69) is 4.99 Å². The predicted molar refractivity (Wildman–Crippen MR) is 63.2 cm³/mol. The van der Waals surface area contributed by atoms with Crippen molar-refractivity contribution in [3.05, 3.63) is 12.2 Å². The summed E-state index contributed by atoms with van der Waals surface area (Å²) in [5.74, 6) is -5.89. The summed E-state index contributed by atoms with van der Waals surface area (Å²) >= 11 is 0. The second-order valence-electron chi connectivity index (χ2n) is 4.16. The minimum absolute atomic E-state index is 0. The van der Waals surface area contributed by atoms with Gasteiger partial charge in [-0.05, 0) is 6.08 Å². The molecule has 19 heavy (non-hydrogen) atoms. The summed E-state index contributed by atoms with van der Waals surface area (Å²) in [5.41, 5.74) is 5.26. The second kappa shape index (κ2) is 5.49. The molecule has 2 aliphatic heterocycles. The number of rotatable bonds is 2. The van der Waals surface area contributed by atoms with Crippen LogP contribution < -0.4 is 5.73 Å². The van der Waals surface area contributed by atoms with Gasteiger partial charge >= 0.3 is 5.92 Å². The highest BCUT2D eigenvalue weighted by atomic mass is 35.5. The molecule has 0 aromatic rings. The van der Waals surface area contributed by atoms with Gasteiger partial charge < -0.3 is 20.7 Å². The maximum absolute atomic E-state index is 13.7. The van der Waals surface area contributed by atoms with Crippen LogP contribution in [0.4, 0.5) is 8.78 Å². The Morgan fingerprint density at radius 1 is 1.53 bits per heavy atom. The average Bonchev–Trinajstić information content (AvgIpc) is 2.52. The molecule has 0 saturated carbocycles. The van der Waals surface area contributed by atoms with Crippen LogP contribution in [0.3, 0.4) is 0 Å². The molecule has 108 valence electrons. The van der Waals surface area contributed by atoms with E-state index in [9.17, 15) is 18.7 Å². The Kier molecular flexibility index (Phi) is 4.62. The number of alkyl halides is 2. The van der Waals surface area contributed by atoms with Gasteiger partial charge in [0.05, 0.1) is 12.5 Å². The lowest BCUT2D eigenvalue weighted by atomic mass is 9.93. The highest BCUT2D eigenvalue weighted by molar-refractivity contribution is 6.04. The number of hydrogen-bond donors (Lipinski definition) is 3. The number of aliphatic hydroxyl groups is 2. The summed E-state index contributed by atoms with van der Waals surface area (Å²) in [4.78, 5) is 14.9. The SMILES string of the molecule is Cl.NC1=NC(=O)C(C2OC(CO)C(O)C2(F)F)C=C1. The molecule has 4 atom stereocenters. The van der Waals surface area contributed by atoms with E-state index in [0.717, 1.165) is 6.08 Å². The fourth-order valence-electron chi connectivity index (χ4n) is 1.99. The predicted octanol–water partition coefficient (Wildman–Crippen LogP) is -0.766. The Bertz CT molecular complexity index is 430. The highest BCUT2D eigenvalue weighted by Gasteiger charge is 2.61. The molecule has 9 heteroatoms. The van der Waals surface area contributed by atoms with E-state index in [1.54, 1.807) is 0 Å². The molecule has 0 aliphatic carbocycles. The summed E-state index contributed by atoms with van der Waals surface area (Å²) in [5, 5.41) is 18.1. The number of nitrogens with two attached hydrogens (primary N) is 1. The summed E-state index contributed by atoms with van der Waals surface area (Å²) in [6, 6.07) is 0. The summed E-state index contributed by atoms with van der Waals surface area (Å²) < 4.78 is 32.3. The fraction of sp³-hybridized carbons (Fsp3) is 0.600. The van der Waals surface area contributed by atoms with Gasteiger partial charge in [-0.3, -0.25) is 4.79 Å². The van der Waals surface area contributed by atoms with Gasteiger partial charge in [0.25, 0.3) is 5.91 Å². The van der Waals surface area contributed by atoms with Crippen molar-refractivity contribution < 1.29 is 28.5 Å². The van der Waals surface area contributed by atoms with E-state index in [0.29, 0.717) is 0 Å². The van der Waals surface area contributed by atoms with Crippen LogP contribution in [0, 0.1) is 5.92 Å². The maximum Gasteiger partial charge on any atom is 0.302 e. The van der Waals surface area contributed by atoms with Crippen LogP contribution in [0.2, 0.25) is 0 Å². The molecule has 0 aromatic heterocycles. The number of hydrogen-bond acceptors (Lipinski definition) is 5. The third-order valence-corrected chi connectivity index (χ3v) is 2.95.